The summed E-state index contributed by atoms with van der Waals surface area (Å²) in [5, 5.41) is 18.5. The van der Waals surface area contributed by atoms with Gasteiger partial charge in [0.15, 0.2) is 0 Å². The predicted molar refractivity (Wildman–Crippen MR) is 79.9 cm³/mol. The van der Waals surface area contributed by atoms with Gasteiger partial charge in [-0.2, -0.15) is 13.2 Å². The highest BCUT2D eigenvalue weighted by Gasteiger charge is 2.30. The monoisotopic (exact) mass is 323 g/mol. The minimum absolute atomic E-state index is 0.0781. The van der Waals surface area contributed by atoms with Gasteiger partial charge in [0.05, 0.1) is 16.2 Å². The van der Waals surface area contributed by atoms with E-state index >= 15 is 0 Å². The molecule has 0 heterocycles. The number of nitrogens with zero attached hydrogens (tertiary/aromatic N) is 2. The van der Waals surface area contributed by atoms with Crippen LogP contribution in [0.4, 0.5) is 18.9 Å². The Bertz CT molecular complexity index is 731. The molecule has 0 aliphatic heterocycles. The summed E-state index contributed by atoms with van der Waals surface area (Å²) >= 11 is 0. The molecule has 0 bridgehead atoms. The lowest BCUT2D eigenvalue weighted by atomic mass is 10.0. The molecule has 1 aromatic carbocycles. The molecule has 2 rings (SSSR count). The Kier molecular flexibility index (Phi) is 4.35. The molecular formula is C15H12F3N3O2. The van der Waals surface area contributed by atoms with Gasteiger partial charge in [-0.25, -0.2) is 0 Å². The third kappa shape index (κ3) is 3.85. The maximum atomic E-state index is 12.5. The Morgan fingerprint density at radius 1 is 1.22 bits per heavy atom. The van der Waals surface area contributed by atoms with E-state index in [1.54, 1.807) is 7.05 Å². The average molecular weight is 323 g/mol. The van der Waals surface area contributed by atoms with Crippen LogP contribution in [0.2, 0.25) is 0 Å². The fourth-order valence-electron chi connectivity index (χ4n) is 1.94. The highest BCUT2D eigenvalue weighted by molar-refractivity contribution is 6.09. The first-order chi connectivity index (χ1) is 10.7. The summed E-state index contributed by atoms with van der Waals surface area (Å²) in [7, 11) is 1.58. The molecule has 0 amide bonds. The number of halogens is 3. The average Bonchev–Trinajstić information content (AvgIpc) is 2.48. The molecule has 0 fully saturated rings. The molecule has 0 atom stereocenters. The van der Waals surface area contributed by atoms with Gasteiger partial charge in [0.25, 0.3) is 5.70 Å². The summed E-state index contributed by atoms with van der Waals surface area (Å²) in [5.74, 6) is 0. The molecule has 0 radical (unpaired) electrons. The molecule has 1 aliphatic carbocycles. The highest BCUT2D eigenvalue weighted by Crippen LogP contribution is 2.30. The molecule has 5 nitrogen and oxygen atoms in total. The van der Waals surface area contributed by atoms with Gasteiger partial charge in [-0.1, -0.05) is 0 Å². The largest absolute Gasteiger partial charge is 0.416 e. The second-order valence-corrected chi connectivity index (χ2v) is 4.81. The summed E-state index contributed by atoms with van der Waals surface area (Å²) in [6.07, 6.45) is 0.804. The van der Waals surface area contributed by atoms with Crippen LogP contribution in [0.15, 0.2) is 60.0 Å². The van der Waals surface area contributed by atoms with Crippen molar-refractivity contribution in [2.24, 2.45) is 0 Å². The molecule has 1 aliphatic rings. The number of alkyl halides is 3. The number of allylic oxidation sites excluding steroid dienone is 4. The highest BCUT2D eigenvalue weighted by atomic mass is 19.4. The Morgan fingerprint density at radius 3 is 2.35 bits per heavy atom. The van der Waals surface area contributed by atoms with E-state index in [-0.39, 0.29) is 11.4 Å². The van der Waals surface area contributed by atoms with Gasteiger partial charge in [-0.05, 0) is 30.3 Å². The van der Waals surface area contributed by atoms with Crippen molar-refractivity contribution in [2.45, 2.75) is 6.18 Å². The topological polar surface area (TPSA) is 70.2 Å². The third-order valence-electron chi connectivity index (χ3n) is 3.18. The smallest absolute Gasteiger partial charge is 0.350 e. The minimum Gasteiger partial charge on any atom is -0.350 e. The van der Waals surface area contributed by atoms with Crippen LogP contribution in [0, 0.1) is 15.5 Å². The van der Waals surface area contributed by atoms with Crippen molar-refractivity contribution in [1.29, 1.82) is 5.41 Å². The van der Waals surface area contributed by atoms with Crippen molar-refractivity contribution in [1.82, 2.24) is 0 Å². The summed E-state index contributed by atoms with van der Waals surface area (Å²) in [5.41, 5.74) is -0.0842. The van der Waals surface area contributed by atoms with E-state index in [4.69, 9.17) is 5.41 Å². The summed E-state index contributed by atoms with van der Waals surface area (Å²) in [6, 6.07) is 4.49. The van der Waals surface area contributed by atoms with Gasteiger partial charge < -0.3 is 10.3 Å². The van der Waals surface area contributed by atoms with Gasteiger partial charge in [0, 0.05) is 36.7 Å². The number of nitro groups is 1. The van der Waals surface area contributed by atoms with Gasteiger partial charge >= 0.3 is 6.18 Å². The fourth-order valence-corrected chi connectivity index (χ4v) is 1.94. The predicted octanol–water partition coefficient (Wildman–Crippen LogP) is 3.78. The Morgan fingerprint density at radius 2 is 1.83 bits per heavy atom. The number of nitrogens with one attached hydrogen (secondary N) is 1. The first-order valence-electron chi connectivity index (χ1n) is 6.43. The fraction of sp³-hybridized carbons (Fsp3) is 0.133. The maximum Gasteiger partial charge on any atom is 0.416 e. The SMILES string of the molecule is CN(/C=C1/C=C([N+](=O)[O-])C=CC1=N)c1ccc(C(F)(F)F)cc1. The summed E-state index contributed by atoms with van der Waals surface area (Å²) < 4.78 is 37.6. The van der Waals surface area contributed by atoms with Crippen LogP contribution < -0.4 is 4.90 Å². The zero-order valence-corrected chi connectivity index (χ0v) is 12.0. The molecule has 1 N–H and O–H groups in total. The Balaban J connectivity index is 2.27. The number of hydrogen-bond donors (Lipinski definition) is 1. The van der Waals surface area contributed by atoms with Crippen molar-refractivity contribution in [3.63, 3.8) is 0 Å². The maximum absolute atomic E-state index is 12.5. The lowest BCUT2D eigenvalue weighted by Crippen LogP contribution is -2.14. The van der Waals surface area contributed by atoms with Crippen molar-refractivity contribution < 1.29 is 18.1 Å². The van der Waals surface area contributed by atoms with E-state index in [9.17, 15) is 23.3 Å². The molecule has 8 heteroatoms. The normalized spacial score (nSPS) is 16.4. The molecule has 120 valence electrons. The van der Waals surface area contributed by atoms with Crippen LogP contribution in [-0.4, -0.2) is 17.7 Å². The van der Waals surface area contributed by atoms with Crippen molar-refractivity contribution >= 4 is 11.4 Å². The van der Waals surface area contributed by atoms with Crippen molar-refractivity contribution in [3.05, 3.63) is 75.6 Å². The zero-order valence-electron chi connectivity index (χ0n) is 12.0. The van der Waals surface area contributed by atoms with Gasteiger partial charge in [-0.15, -0.1) is 0 Å². The lowest BCUT2D eigenvalue weighted by Gasteiger charge is -2.17. The molecule has 0 unspecified atom stereocenters. The molecule has 0 saturated carbocycles. The van der Waals surface area contributed by atoms with Crippen LogP contribution in [0.3, 0.4) is 0 Å². The quantitative estimate of drug-likeness (QED) is 0.680. The van der Waals surface area contributed by atoms with E-state index < -0.39 is 16.7 Å². The van der Waals surface area contributed by atoms with E-state index in [0.717, 1.165) is 12.1 Å². The zero-order chi connectivity index (χ0) is 17.2. The second kappa shape index (κ2) is 6.07. The van der Waals surface area contributed by atoms with E-state index in [2.05, 4.69) is 0 Å². The van der Waals surface area contributed by atoms with E-state index in [1.807, 2.05) is 0 Å². The van der Waals surface area contributed by atoms with Crippen LogP contribution in [-0.2, 0) is 6.18 Å². The lowest BCUT2D eigenvalue weighted by molar-refractivity contribution is -0.419. The van der Waals surface area contributed by atoms with Gasteiger partial charge in [-0.3, -0.25) is 10.1 Å². The van der Waals surface area contributed by atoms with Crippen molar-refractivity contribution in [3.8, 4) is 0 Å². The standard InChI is InChI=1S/C15H12F3N3O2/c1-20(12-4-2-11(3-5-12)15(16,17)18)9-10-8-13(21(22)23)6-7-14(10)19/h2-9,19H,1H3/b10-9-,19-14?. The summed E-state index contributed by atoms with van der Waals surface area (Å²) in [4.78, 5) is 11.7. The third-order valence-corrected chi connectivity index (χ3v) is 3.18. The number of rotatable bonds is 3. The first-order valence-corrected chi connectivity index (χ1v) is 6.43. The van der Waals surface area contributed by atoms with Crippen molar-refractivity contribution in [2.75, 3.05) is 11.9 Å². The number of benzene rings is 1. The van der Waals surface area contributed by atoms with Crippen LogP contribution in [0.5, 0.6) is 0 Å². The van der Waals surface area contributed by atoms with Gasteiger partial charge in [0.2, 0.25) is 0 Å². The Labute approximate surface area is 129 Å². The number of anilines is 1. The van der Waals surface area contributed by atoms with E-state index in [0.29, 0.717) is 11.3 Å². The van der Waals surface area contributed by atoms with E-state index in [1.165, 1.54) is 41.5 Å². The minimum atomic E-state index is -4.41. The molecule has 23 heavy (non-hydrogen) atoms. The van der Waals surface area contributed by atoms with Crippen LogP contribution in [0.25, 0.3) is 0 Å². The summed E-state index contributed by atoms with van der Waals surface area (Å²) in [6.45, 7) is 0. The molecule has 0 aromatic heterocycles. The van der Waals surface area contributed by atoms with Gasteiger partial charge in [0.1, 0.15) is 0 Å². The molecular weight excluding hydrogens is 311 g/mol. The molecule has 1 aromatic rings. The molecule has 0 spiro atoms. The van der Waals surface area contributed by atoms with Crippen LogP contribution >= 0.6 is 0 Å². The molecule has 0 saturated heterocycles. The second-order valence-electron chi connectivity index (χ2n) is 4.81. The first kappa shape index (κ1) is 16.5. The number of hydrogen-bond acceptors (Lipinski definition) is 4. The Hall–Kier alpha value is -2.90. The van der Waals surface area contributed by atoms with Crippen LogP contribution in [0.1, 0.15) is 5.56 Å².